The minimum atomic E-state index is -4.50. The number of carboxylic acids is 1. The summed E-state index contributed by atoms with van der Waals surface area (Å²) < 4.78 is 38.9. The minimum absolute atomic E-state index is 0.139. The first-order chi connectivity index (χ1) is 7.26. The van der Waals surface area contributed by atoms with Gasteiger partial charge in [-0.3, -0.25) is 4.79 Å². The summed E-state index contributed by atoms with van der Waals surface area (Å²) in [5.41, 5.74) is 0. The molecule has 8 heteroatoms. The van der Waals surface area contributed by atoms with Crippen LogP contribution in [0.2, 0.25) is 0 Å². The number of hydrogen-bond donors (Lipinski definition) is 2. The molecule has 1 amide bonds. The standard InChI is InChI=1S/C8H12F3NO4/c1-2-5(7(14)15)12-6(13)3-16-4-8(9,10)11/h5H,2-4H2,1H3,(H,12,13)(H,14,15)/t5-/m1/s1. The number of aliphatic carboxylic acids is 1. The number of carboxylic acid groups (broad SMARTS) is 1. The molecule has 0 aromatic heterocycles. The number of rotatable bonds is 6. The van der Waals surface area contributed by atoms with E-state index < -0.39 is 37.3 Å². The molecule has 0 bridgehead atoms. The van der Waals surface area contributed by atoms with Crippen molar-refractivity contribution in [3.63, 3.8) is 0 Å². The molecule has 0 aliphatic heterocycles. The smallest absolute Gasteiger partial charge is 0.411 e. The highest BCUT2D eigenvalue weighted by atomic mass is 19.4. The maximum Gasteiger partial charge on any atom is 0.411 e. The van der Waals surface area contributed by atoms with Gasteiger partial charge in [-0.2, -0.15) is 13.2 Å². The Morgan fingerprint density at radius 1 is 1.44 bits per heavy atom. The number of ether oxygens (including phenoxy) is 1. The highest BCUT2D eigenvalue weighted by molar-refractivity contribution is 5.84. The zero-order chi connectivity index (χ0) is 12.8. The number of carbonyl (C=O) groups excluding carboxylic acids is 1. The van der Waals surface area contributed by atoms with Crippen LogP contribution in [0.15, 0.2) is 0 Å². The van der Waals surface area contributed by atoms with Gasteiger partial charge in [0, 0.05) is 0 Å². The molecule has 94 valence electrons. The second-order valence-corrected chi connectivity index (χ2v) is 2.97. The first kappa shape index (κ1) is 14.7. The van der Waals surface area contributed by atoms with Crippen LogP contribution in [0.5, 0.6) is 0 Å². The van der Waals surface area contributed by atoms with Crippen molar-refractivity contribution in [1.82, 2.24) is 5.32 Å². The molecular formula is C8H12F3NO4. The van der Waals surface area contributed by atoms with Crippen LogP contribution in [0.4, 0.5) is 13.2 Å². The van der Waals surface area contributed by atoms with Gasteiger partial charge in [0.25, 0.3) is 0 Å². The molecule has 0 radical (unpaired) electrons. The molecule has 0 unspecified atom stereocenters. The van der Waals surface area contributed by atoms with Crippen LogP contribution >= 0.6 is 0 Å². The van der Waals surface area contributed by atoms with Gasteiger partial charge in [-0.05, 0) is 6.42 Å². The molecule has 2 N–H and O–H groups in total. The molecule has 0 spiro atoms. The van der Waals surface area contributed by atoms with E-state index in [0.717, 1.165) is 0 Å². The molecular weight excluding hydrogens is 231 g/mol. The van der Waals surface area contributed by atoms with Crippen LogP contribution in [-0.4, -0.2) is 42.4 Å². The van der Waals surface area contributed by atoms with E-state index in [4.69, 9.17) is 5.11 Å². The third-order valence-corrected chi connectivity index (χ3v) is 1.54. The molecule has 0 aromatic carbocycles. The lowest BCUT2D eigenvalue weighted by atomic mass is 10.2. The van der Waals surface area contributed by atoms with Gasteiger partial charge in [0.2, 0.25) is 5.91 Å². The SMILES string of the molecule is CC[C@@H](NC(=O)COCC(F)(F)F)C(=O)O. The third kappa shape index (κ3) is 7.04. The number of nitrogens with one attached hydrogen (secondary N) is 1. The number of hydrogen-bond acceptors (Lipinski definition) is 3. The highest BCUT2D eigenvalue weighted by Crippen LogP contribution is 2.14. The largest absolute Gasteiger partial charge is 0.480 e. The van der Waals surface area contributed by atoms with Gasteiger partial charge in [0.05, 0.1) is 0 Å². The second-order valence-electron chi connectivity index (χ2n) is 2.97. The highest BCUT2D eigenvalue weighted by Gasteiger charge is 2.28. The van der Waals surface area contributed by atoms with Crippen LogP contribution < -0.4 is 5.32 Å². The van der Waals surface area contributed by atoms with Crippen LogP contribution in [-0.2, 0) is 14.3 Å². The average molecular weight is 243 g/mol. The number of halogens is 3. The summed E-state index contributed by atoms with van der Waals surface area (Å²) in [6.45, 7) is -0.830. The van der Waals surface area contributed by atoms with Crippen molar-refractivity contribution in [3.05, 3.63) is 0 Å². The van der Waals surface area contributed by atoms with Gasteiger partial charge in [-0.15, -0.1) is 0 Å². The molecule has 0 rings (SSSR count). The van der Waals surface area contributed by atoms with Crippen LogP contribution in [0.25, 0.3) is 0 Å². The van der Waals surface area contributed by atoms with Gasteiger partial charge in [0.1, 0.15) is 19.3 Å². The van der Waals surface area contributed by atoms with Gasteiger partial charge in [-0.1, -0.05) is 6.92 Å². The quantitative estimate of drug-likeness (QED) is 0.714. The first-order valence-electron chi connectivity index (χ1n) is 4.43. The summed E-state index contributed by atoms with van der Waals surface area (Å²) in [6.07, 6.45) is -4.36. The first-order valence-corrected chi connectivity index (χ1v) is 4.43. The maximum absolute atomic E-state index is 11.6. The summed E-state index contributed by atoms with van der Waals surface area (Å²) in [6, 6.07) is -1.11. The molecule has 0 fully saturated rings. The predicted octanol–water partition coefficient (Wildman–Crippen LogP) is 0.545. The molecule has 0 aromatic rings. The molecule has 0 saturated carbocycles. The zero-order valence-corrected chi connectivity index (χ0v) is 8.50. The van der Waals surface area contributed by atoms with Crippen molar-refractivity contribution in [2.24, 2.45) is 0 Å². The summed E-state index contributed by atoms with van der Waals surface area (Å²) in [5.74, 6) is -2.13. The van der Waals surface area contributed by atoms with E-state index in [1.54, 1.807) is 0 Å². The van der Waals surface area contributed by atoms with Crippen molar-refractivity contribution in [2.75, 3.05) is 13.2 Å². The van der Waals surface area contributed by atoms with E-state index in [9.17, 15) is 22.8 Å². The topological polar surface area (TPSA) is 75.6 Å². The summed E-state index contributed by atoms with van der Waals surface area (Å²) in [4.78, 5) is 21.4. The fourth-order valence-electron chi connectivity index (χ4n) is 0.834. The summed E-state index contributed by atoms with van der Waals surface area (Å²) in [7, 11) is 0. The monoisotopic (exact) mass is 243 g/mol. The van der Waals surface area contributed by atoms with Crippen molar-refractivity contribution in [3.8, 4) is 0 Å². The van der Waals surface area contributed by atoms with Gasteiger partial charge in [0.15, 0.2) is 0 Å². The van der Waals surface area contributed by atoms with E-state index in [0.29, 0.717) is 0 Å². The maximum atomic E-state index is 11.6. The molecule has 5 nitrogen and oxygen atoms in total. The lowest BCUT2D eigenvalue weighted by Gasteiger charge is -2.12. The van der Waals surface area contributed by atoms with E-state index in [-0.39, 0.29) is 6.42 Å². The molecule has 0 aliphatic carbocycles. The zero-order valence-electron chi connectivity index (χ0n) is 8.50. The van der Waals surface area contributed by atoms with E-state index >= 15 is 0 Å². The second kappa shape index (κ2) is 6.31. The Labute approximate surface area is 89.6 Å². The third-order valence-electron chi connectivity index (χ3n) is 1.54. The molecule has 0 aliphatic rings. The Kier molecular flexibility index (Phi) is 5.79. The van der Waals surface area contributed by atoms with Crippen molar-refractivity contribution in [1.29, 1.82) is 0 Å². The predicted molar refractivity (Wildman–Crippen MR) is 46.7 cm³/mol. The Morgan fingerprint density at radius 3 is 2.38 bits per heavy atom. The minimum Gasteiger partial charge on any atom is -0.480 e. The normalized spacial score (nSPS) is 13.2. The molecule has 16 heavy (non-hydrogen) atoms. The van der Waals surface area contributed by atoms with Gasteiger partial charge < -0.3 is 15.2 Å². The summed E-state index contributed by atoms with van der Waals surface area (Å²) >= 11 is 0. The van der Waals surface area contributed by atoms with Gasteiger partial charge >= 0.3 is 12.1 Å². The van der Waals surface area contributed by atoms with E-state index in [2.05, 4.69) is 4.74 Å². The van der Waals surface area contributed by atoms with Crippen LogP contribution in [0.1, 0.15) is 13.3 Å². The lowest BCUT2D eigenvalue weighted by Crippen LogP contribution is -2.42. The van der Waals surface area contributed by atoms with Gasteiger partial charge in [-0.25, -0.2) is 4.79 Å². The molecule has 0 saturated heterocycles. The van der Waals surface area contributed by atoms with Crippen LogP contribution in [0.3, 0.4) is 0 Å². The Morgan fingerprint density at radius 2 is 2.00 bits per heavy atom. The van der Waals surface area contributed by atoms with E-state index in [1.807, 2.05) is 5.32 Å². The number of alkyl halides is 3. The lowest BCUT2D eigenvalue weighted by molar-refractivity contribution is -0.176. The molecule has 1 atom stereocenters. The Hall–Kier alpha value is -1.31. The fourth-order valence-corrected chi connectivity index (χ4v) is 0.834. The average Bonchev–Trinajstić information content (AvgIpc) is 2.11. The fraction of sp³-hybridized carbons (Fsp3) is 0.750. The van der Waals surface area contributed by atoms with Crippen LogP contribution in [0, 0.1) is 0 Å². The summed E-state index contributed by atoms with van der Waals surface area (Å²) in [5, 5.41) is 10.6. The Bertz CT molecular complexity index is 254. The molecule has 0 heterocycles. The van der Waals surface area contributed by atoms with Crippen molar-refractivity contribution >= 4 is 11.9 Å². The number of amides is 1. The van der Waals surface area contributed by atoms with Crippen molar-refractivity contribution in [2.45, 2.75) is 25.6 Å². The van der Waals surface area contributed by atoms with E-state index in [1.165, 1.54) is 6.92 Å². The van der Waals surface area contributed by atoms with Crippen molar-refractivity contribution < 1.29 is 32.6 Å². The number of carbonyl (C=O) groups is 2. The Balaban J connectivity index is 3.86.